The van der Waals surface area contributed by atoms with E-state index in [2.05, 4.69) is 10.4 Å². The van der Waals surface area contributed by atoms with Crippen molar-refractivity contribution in [2.24, 2.45) is 5.10 Å². The lowest BCUT2D eigenvalue weighted by atomic mass is 10.1. The van der Waals surface area contributed by atoms with E-state index >= 15 is 0 Å². The SMILES string of the molecule is Cc1ccc(-c2ccc(/C=N/N3CC(=O)NC3=O)o2)cc1. The molecule has 1 aliphatic rings. The maximum Gasteiger partial charge on any atom is 0.344 e. The molecule has 3 rings (SSSR count). The highest BCUT2D eigenvalue weighted by molar-refractivity contribution is 6.02. The summed E-state index contributed by atoms with van der Waals surface area (Å²) in [6, 6.07) is 11.0. The molecule has 2 aromatic rings. The van der Waals surface area contributed by atoms with Crippen molar-refractivity contribution in [3.05, 3.63) is 47.7 Å². The normalized spacial score (nSPS) is 15.0. The van der Waals surface area contributed by atoms with Crippen LogP contribution in [-0.2, 0) is 4.79 Å². The zero-order chi connectivity index (χ0) is 14.8. The van der Waals surface area contributed by atoms with E-state index in [0.29, 0.717) is 5.76 Å². The Morgan fingerprint density at radius 2 is 1.95 bits per heavy atom. The molecule has 21 heavy (non-hydrogen) atoms. The predicted octanol–water partition coefficient (Wildman–Crippen LogP) is 2.14. The summed E-state index contributed by atoms with van der Waals surface area (Å²) in [5.74, 6) is 0.869. The van der Waals surface area contributed by atoms with Gasteiger partial charge < -0.3 is 4.42 Å². The summed E-state index contributed by atoms with van der Waals surface area (Å²) in [4.78, 5) is 22.3. The van der Waals surface area contributed by atoms with Gasteiger partial charge in [-0.1, -0.05) is 29.8 Å². The van der Waals surface area contributed by atoms with Crippen molar-refractivity contribution in [1.29, 1.82) is 0 Å². The molecule has 1 fully saturated rings. The van der Waals surface area contributed by atoms with Gasteiger partial charge in [0.25, 0.3) is 0 Å². The van der Waals surface area contributed by atoms with E-state index in [4.69, 9.17) is 4.42 Å². The van der Waals surface area contributed by atoms with Gasteiger partial charge in [0.15, 0.2) is 0 Å². The zero-order valence-corrected chi connectivity index (χ0v) is 11.4. The number of rotatable bonds is 3. The first-order valence-corrected chi connectivity index (χ1v) is 6.44. The standard InChI is InChI=1S/C15H13N3O3/c1-10-2-4-11(5-3-10)13-7-6-12(21-13)8-16-18-9-14(19)17-15(18)20/h2-8H,9H2,1H3,(H,17,19,20)/b16-8+. The third-order valence-corrected chi connectivity index (χ3v) is 3.06. The molecule has 6 nitrogen and oxygen atoms in total. The lowest BCUT2D eigenvalue weighted by Crippen LogP contribution is -2.24. The zero-order valence-electron chi connectivity index (χ0n) is 11.4. The Kier molecular flexibility index (Phi) is 3.27. The van der Waals surface area contributed by atoms with Gasteiger partial charge in [0.05, 0.1) is 6.21 Å². The highest BCUT2D eigenvalue weighted by Gasteiger charge is 2.25. The Morgan fingerprint density at radius 3 is 2.62 bits per heavy atom. The van der Waals surface area contributed by atoms with Crippen molar-refractivity contribution in [2.45, 2.75) is 6.92 Å². The van der Waals surface area contributed by atoms with Crippen molar-refractivity contribution < 1.29 is 14.0 Å². The molecule has 1 aromatic heterocycles. The van der Waals surface area contributed by atoms with E-state index in [1.54, 1.807) is 6.07 Å². The van der Waals surface area contributed by atoms with Crippen molar-refractivity contribution in [3.8, 4) is 11.3 Å². The minimum atomic E-state index is -0.526. The van der Waals surface area contributed by atoms with Crippen molar-refractivity contribution in [3.63, 3.8) is 0 Å². The Bertz CT molecular complexity index is 716. The highest BCUT2D eigenvalue weighted by Crippen LogP contribution is 2.21. The third-order valence-electron chi connectivity index (χ3n) is 3.06. The number of aryl methyl sites for hydroxylation is 1. The Morgan fingerprint density at radius 1 is 1.19 bits per heavy atom. The number of urea groups is 1. The Labute approximate surface area is 121 Å². The number of nitrogens with one attached hydrogen (secondary N) is 1. The van der Waals surface area contributed by atoms with Crippen molar-refractivity contribution in [2.75, 3.05) is 6.54 Å². The van der Waals surface area contributed by atoms with E-state index in [9.17, 15) is 9.59 Å². The van der Waals surface area contributed by atoms with Gasteiger partial charge in [0.1, 0.15) is 18.1 Å². The second-order valence-corrected chi connectivity index (χ2v) is 4.72. The molecule has 106 valence electrons. The Hall–Kier alpha value is -2.89. The second kappa shape index (κ2) is 5.24. The lowest BCUT2D eigenvalue weighted by Gasteiger charge is -2.02. The predicted molar refractivity (Wildman–Crippen MR) is 76.7 cm³/mol. The number of hydrazone groups is 1. The minimum absolute atomic E-state index is 0.0686. The average molecular weight is 283 g/mol. The quantitative estimate of drug-likeness (QED) is 0.692. The van der Waals surface area contributed by atoms with Crippen LogP contribution in [0.15, 0.2) is 45.9 Å². The first-order chi connectivity index (χ1) is 10.1. The van der Waals surface area contributed by atoms with E-state index in [1.165, 1.54) is 11.8 Å². The highest BCUT2D eigenvalue weighted by atomic mass is 16.3. The monoisotopic (exact) mass is 283 g/mol. The summed E-state index contributed by atoms with van der Waals surface area (Å²) in [5.41, 5.74) is 2.14. The summed E-state index contributed by atoms with van der Waals surface area (Å²) in [6.07, 6.45) is 1.41. The van der Waals surface area contributed by atoms with Crippen LogP contribution >= 0.6 is 0 Å². The molecule has 0 spiro atoms. The van der Waals surface area contributed by atoms with Crippen LogP contribution in [0.25, 0.3) is 11.3 Å². The average Bonchev–Trinajstić information content (AvgIpc) is 3.04. The topological polar surface area (TPSA) is 74.9 Å². The fourth-order valence-corrected chi connectivity index (χ4v) is 1.95. The van der Waals surface area contributed by atoms with Crippen LogP contribution in [0.4, 0.5) is 4.79 Å². The number of carbonyl (C=O) groups excluding carboxylic acids is 2. The molecule has 0 unspecified atom stereocenters. The van der Waals surface area contributed by atoms with Crippen LogP contribution in [0, 0.1) is 6.92 Å². The lowest BCUT2D eigenvalue weighted by molar-refractivity contribution is -0.118. The molecule has 0 aliphatic carbocycles. The Balaban J connectivity index is 1.75. The van der Waals surface area contributed by atoms with Crippen LogP contribution in [0.1, 0.15) is 11.3 Å². The van der Waals surface area contributed by atoms with Gasteiger partial charge in [0, 0.05) is 5.56 Å². The number of nitrogens with zero attached hydrogens (tertiary/aromatic N) is 2. The van der Waals surface area contributed by atoms with E-state index in [1.807, 2.05) is 37.3 Å². The largest absolute Gasteiger partial charge is 0.455 e. The first kappa shape index (κ1) is 13.1. The van der Waals surface area contributed by atoms with Crippen LogP contribution in [0.5, 0.6) is 0 Å². The number of hydrogen-bond acceptors (Lipinski definition) is 4. The fraction of sp³-hybridized carbons (Fsp3) is 0.133. The number of furan rings is 1. The van der Waals surface area contributed by atoms with E-state index in [-0.39, 0.29) is 12.5 Å². The van der Waals surface area contributed by atoms with Gasteiger partial charge in [-0.2, -0.15) is 5.10 Å². The molecule has 0 radical (unpaired) electrons. The summed E-state index contributed by atoms with van der Waals surface area (Å²) >= 11 is 0. The minimum Gasteiger partial charge on any atom is -0.455 e. The van der Waals surface area contributed by atoms with E-state index < -0.39 is 6.03 Å². The molecular weight excluding hydrogens is 270 g/mol. The van der Waals surface area contributed by atoms with Gasteiger partial charge in [0.2, 0.25) is 5.91 Å². The molecule has 6 heteroatoms. The van der Waals surface area contributed by atoms with Gasteiger partial charge in [-0.25, -0.2) is 9.80 Å². The molecule has 0 bridgehead atoms. The summed E-state index contributed by atoms with van der Waals surface area (Å²) < 4.78 is 5.64. The summed E-state index contributed by atoms with van der Waals surface area (Å²) in [6.45, 7) is 1.95. The number of carbonyl (C=O) groups is 2. The maximum absolute atomic E-state index is 11.3. The molecule has 2 heterocycles. The summed E-state index contributed by atoms with van der Waals surface area (Å²) in [5, 5.41) is 7.12. The number of amides is 3. The van der Waals surface area contributed by atoms with Crippen LogP contribution in [0.2, 0.25) is 0 Å². The molecule has 1 N–H and O–H groups in total. The van der Waals surface area contributed by atoms with Crippen molar-refractivity contribution in [1.82, 2.24) is 10.3 Å². The van der Waals surface area contributed by atoms with Crippen LogP contribution in [-0.4, -0.2) is 29.7 Å². The smallest absolute Gasteiger partial charge is 0.344 e. The molecular formula is C15H13N3O3. The molecule has 1 saturated heterocycles. The van der Waals surface area contributed by atoms with Gasteiger partial charge in [-0.15, -0.1) is 0 Å². The van der Waals surface area contributed by atoms with Gasteiger partial charge in [-0.05, 0) is 19.1 Å². The van der Waals surface area contributed by atoms with E-state index in [0.717, 1.165) is 16.3 Å². The number of imide groups is 1. The second-order valence-electron chi connectivity index (χ2n) is 4.72. The van der Waals surface area contributed by atoms with Gasteiger partial charge >= 0.3 is 6.03 Å². The maximum atomic E-state index is 11.3. The van der Waals surface area contributed by atoms with Crippen LogP contribution in [0.3, 0.4) is 0 Å². The number of hydrogen-bond donors (Lipinski definition) is 1. The molecule has 0 saturated carbocycles. The van der Waals surface area contributed by atoms with Crippen LogP contribution < -0.4 is 5.32 Å². The molecule has 1 aliphatic heterocycles. The fourth-order valence-electron chi connectivity index (χ4n) is 1.95. The van der Waals surface area contributed by atoms with Gasteiger partial charge in [-0.3, -0.25) is 10.1 Å². The third kappa shape index (κ3) is 2.84. The summed E-state index contributed by atoms with van der Waals surface area (Å²) in [7, 11) is 0. The molecule has 3 amide bonds. The number of benzene rings is 1. The van der Waals surface area contributed by atoms with Crippen molar-refractivity contribution >= 4 is 18.2 Å². The first-order valence-electron chi connectivity index (χ1n) is 6.44. The molecule has 1 aromatic carbocycles. The molecule has 0 atom stereocenters.